The standard InChI is InChI=1S/C22H22N2O5/c1-3-15-16(11-14-7-4-6-13(2)10-14)24-9-5-8-17(29-12-18(25)26)20(24)19(15)21(27)22(23)28/h4-10H,3,11-12H2,1-2H3,(H2,23,28)(H,25,26). The summed E-state index contributed by atoms with van der Waals surface area (Å²) >= 11 is 0. The van der Waals surface area contributed by atoms with Gasteiger partial charge < -0.3 is 20.0 Å². The molecule has 2 heterocycles. The molecular weight excluding hydrogens is 372 g/mol. The van der Waals surface area contributed by atoms with Crippen molar-refractivity contribution in [1.29, 1.82) is 0 Å². The van der Waals surface area contributed by atoms with Gasteiger partial charge in [-0.2, -0.15) is 0 Å². The highest BCUT2D eigenvalue weighted by atomic mass is 16.5. The maximum Gasteiger partial charge on any atom is 0.341 e. The molecule has 0 unspecified atom stereocenters. The van der Waals surface area contributed by atoms with Crippen LogP contribution in [0.15, 0.2) is 42.6 Å². The van der Waals surface area contributed by atoms with Gasteiger partial charge in [0.2, 0.25) is 0 Å². The number of primary amides is 1. The Morgan fingerprint density at radius 2 is 1.93 bits per heavy atom. The van der Waals surface area contributed by atoms with Crippen LogP contribution in [0.2, 0.25) is 0 Å². The van der Waals surface area contributed by atoms with Gasteiger partial charge in [0.25, 0.3) is 11.7 Å². The quantitative estimate of drug-likeness (QED) is 0.450. The average Bonchev–Trinajstić information content (AvgIpc) is 2.99. The van der Waals surface area contributed by atoms with Crippen molar-refractivity contribution in [2.24, 2.45) is 5.73 Å². The summed E-state index contributed by atoms with van der Waals surface area (Å²) in [6.07, 6.45) is 2.79. The van der Waals surface area contributed by atoms with E-state index in [2.05, 4.69) is 6.07 Å². The second kappa shape index (κ2) is 8.18. The number of carboxylic acid groups (broad SMARTS) is 1. The largest absolute Gasteiger partial charge is 0.480 e. The summed E-state index contributed by atoms with van der Waals surface area (Å²) in [7, 11) is 0. The number of aliphatic carboxylic acids is 1. The van der Waals surface area contributed by atoms with Gasteiger partial charge in [-0.05, 0) is 36.6 Å². The van der Waals surface area contributed by atoms with E-state index in [1.165, 1.54) is 0 Å². The monoisotopic (exact) mass is 394 g/mol. The number of hydrogen-bond acceptors (Lipinski definition) is 4. The summed E-state index contributed by atoms with van der Waals surface area (Å²) < 4.78 is 7.19. The van der Waals surface area contributed by atoms with E-state index in [1.54, 1.807) is 22.7 Å². The van der Waals surface area contributed by atoms with Crippen LogP contribution >= 0.6 is 0 Å². The van der Waals surface area contributed by atoms with E-state index in [4.69, 9.17) is 15.6 Å². The normalized spacial score (nSPS) is 10.8. The van der Waals surface area contributed by atoms with Gasteiger partial charge in [0, 0.05) is 18.3 Å². The van der Waals surface area contributed by atoms with E-state index in [0.717, 1.165) is 16.8 Å². The number of carbonyl (C=O) groups is 3. The maximum absolute atomic E-state index is 12.7. The second-order valence-electron chi connectivity index (χ2n) is 6.79. The number of ketones is 1. The van der Waals surface area contributed by atoms with E-state index in [9.17, 15) is 14.4 Å². The van der Waals surface area contributed by atoms with Gasteiger partial charge in [-0.25, -0.2) is 4.79 Å². The lowest BCUT2D eigenvalue weighted by atomic mass is 9.98. The average molecular weight is 394 g/mol. The molecule has 0 aliphatic rings. The van der Waals surface area contributed by atoms with Gasteiger partial charge in [-0.15, -0.1) is 0 Å². The fraction of sp³-hybridized carbons (Fsp3) is 0.227. The van der Waals surface area contributed by atoms with Crippen LogP contribution in [0.5, 0.6) is 5.75 Å². The number of carboxylic acids is 1. The van der Waals surface area contributed by atoms with Crippen LogP contribution in [0.4, 0.5) is 0 Å². The highest BCUT2D eigenvalue weighted by molar-refractivity contribution is 6.44. The van der Waals surface area contributed by atoms with Crippen molar-refractivity contribution in [1.82, 2.24) is 4.40 Å². The van der Waals surface area contributed by atoms with E-state index in [1.807, 2.05) is 32.0 Å². The molecule has 3 N–H and O–H groups in total. The number of aryl methyl sites for hydroxylation is 1. The minimum absolute atomic E-state index is 0.170. The second-order valence-corrected chi connectivity index (χ2v) is 6.79. The Labute approximate surface area is 167 Å². The van der Waals surface area contributed by atoms with Gasteiger partial charge in [0.15, 0.2) is 6.61 Å². The zero-order valence-corrected chi connectivity index (χ0v) is 16.3. The molecule has 0 bridgehead atoms. The molecule has 7 nitrogen and oxygen atoms in total. The minimum atomic E-state index is -1.14. The van der Waals surface area contributed by atoms with E-state index >= 15 is 0 Å². The molecule has 0 aliphatic carbocycles. The van der Waals surface area contributed by atoms with Crippen LogP contribution in [-0.2, 0) is 22.4 Å². The Morgan fingerprint density at radius 1 is 1.17 bits per heavy atom. The Morgan fingerprint density at radius 3 is 2.55 bits per heavy atom. The first kappa shape index (κ1) is 20.1. The third kappa shape index (κ3) is 3.99. The van der Waals surface area contributed by atoms with Crippen molar-refractivity contribution in [3.8, 4) is 5.75 Å². The van der Waals surface area contributed by atoms with Crippen LogP contribution < -0.4 is 10.5 Å². The number of carbonyl (C=O) groups excluding carboxylic acids is 2. The highest BCUT2D eigenvalue weighted by Crippen LogP contribution is 2.33. The zero-order valence-electron chi connectivity index (χ0n) is 16.3. The Bertz CT molecular complexity index is 1110. The lowest BCUT2D eigenvalue weighted by molar-refractivity contribution is -0.139. The first-order valence-electron chi connectivity index (χ1n) is 9.22. The van der Waals surface area contributed by atoms with Crippen LogP contribution in [-0.4, -0.2) is 33.8 Å². The predicted octanol–water partition coefficient (Wildman–Crippen LogP) is 2.53. The third-order valence-corrected chi connectivity index (χ3v) is 4.74. The lowest BCUT2D eigenvalue weighted by Crippen LogP contribution is -2.24. The Hall–Kier alpha value is -3.61. The van der Waals surface area contributed by atoms with Gasteiger partial charge in [-0.1, -0.05) is 36.8 Å². The van der Waals surface area contributed by atoms with Crippen molar-refractivity contribution in [2.75, 3.05) is 6.61 Å². The van der Waals surface area contributed by atoms with Gasteiger partial charge in [-0.3, -0.25) is 9.59 Å². The number of aromatic nitrogens is 1. The molecule has 29 heavy (non-hydrogen) atoms. The van der Waals surface area contributed by atoms with Crippen LogP contribution in [0.1, 0.15) is 39.7 Å². The number of fused-ring (bicyclic) bond motifs is 1. The molecule has 7 heteroatoms. The number of hydrogen-bond donors (Lipinski definition) is 2. The molecule has 150 valence electrons. The smallest absolute Gasteiger partial charge is 0.341 e. The highest BCUT2D eigenvalue weighted by Gasteiger charge is 2.27. The molecule has 3 rings (SSSR count). The number of amides is 1. The number of nitrogens with two attached hydrogens (primary N) is 1. The van der Waals surface area contributed by atoms with Gasteiger partial charge >= 0.3 is 5.97 Å². The summed E-state index contributed by atoms with van der Waals surface area (Å²) in [5.41, 5.74) is 9.52. The summed E-state index contributed by atoms with van der Waals surface area (Å²) in [5, 5.41) is 8.97. The predicted molar refractivity (Wildman–Crippen MR) is 107 cm³/mol. The van der Waals surface area contributed by atoms with E-state index in [-0.39, 0.29) is 11.3 Å². The first-order valence-corrected chi connectivity index (χ1v) is 9.22. The van der Waals surface area contributed by atoms with Crippen molar-refractivity contribution < 1.29 is 24.2 Å². The van der Waals surface area contributed by atoms with Crippen LogP contribution in [0, 0.1) is 6.92 Å². The molecular formula is C22H22N2O5. The van der Waals surface area contributed by atoms with Gasteiger partial charge in [0.05, 0.1) is 11.1 Å². The Balaban J connectivity index is 2.27. The number of benzene rings is 1. The van der Waals surface area contributed by atoms with E-state index < -0.39 is 24.3 Å². The molecule has 0 atom stereocenters. The summed E-state index contributed by atoms with van der Waals surface area (Å²) in [4.78, 5) is 35.4. The van der Waals surface area contributed by atoms with Crippen LogP contribution in [0.25, 0.3) is 5.52 Å². The zero-order chi connectivity index (χ0) is 21.1. The molecule has 3 aromatic rings. The fourth-order valence-corrected chi connectivity index (χ4v) is 3.60. The fourth-order valence-electron chi connectivity index (χ4n) is 3.60. The van der Waals surface area contributed by atoms with Gasteiger partial charge in [0.1, 0.15) is 5.75 Å². The molecule has 0 saturated heterocycles. The van der Waals surface area contributed by atoms with Crippen LogP contribution in [0.3, 0.4) is 0 Å². The number of pyridine rings is 1. The lowest BCUT2D eigenvalue weighted by Gasteiger charge is -2.09. The topological polar surface area (TPSA) is 111 Å². The molecule has 0 aliphatic heterocycles. The number of nitrogens with zero attached hydrogens (tertiary/aromatic N) is 1. The Kier molecular flexibility index (Phi) is 5.68. The molecule has 2 aromatic heterocycles. The number of rotatable bonds is 8. The molecule has 1 aromatic carbocycles. The molecule has 0 radical (unpaired) electrons. The summed E-state index contributed by atoms with van der Waals surface area (Å²) in [6, 6.07) is 11.3. The van der Waals surface area contributed by atoms with Crippen molar-refractivity contribution in [3.63, 3.8) is 0 Å². The van der Waals surface area contributed by atoms with Crippen molar-refractivity contribution in [3.05, 3.63) is 70.5 Å². The first-order chi connectivity index (χ1) is 13.8. The number of Topliss-reactive ketones (excluding diaryl/α,β-unsaturated/α-hetero) is 1. The number of ether oxygens (including phenoxy) is 1. The maximum atomic E-state index is 12.7. The summed E-state index contributed by atoms with van der Waals surface area (Å²) in [6.45, 7) is 3.33. The molecule has 0 spiro atoms. The minimum Gasteiger partial charge on any atom is -0.480 e. The van der Waals surface area contributed by atoms with E-state index in [0.29, 0.717) is 23.9 Å². The molecule has 0 fully saturated rings. The molecule has 1 amide bonds. The summed E-state index contributed by atoms with van der Waals surface area (Å²) in [5.74, 6) is -2.81. The van der Waals surface area contributed by atoms with Crippen molar-refractivity contribution >= 4 is 23.2 Å². The third-order valence-electron chi connectivity index (χ3n) is 4.74. The SMILES string of the molecule is CCc1c(C(=O)C(N)=O)c2c(OCC(=O)O)cccn2c1Cc1cccc(C)c1. The van der Waals surface area contributed by atoms with Crippen molar-refractivity contribution in [2.45, 2.75) is 26.7 Å². The molecule has 0 saturated carbocycles.